The van der Waals surface area contributed by atoms with Gasteiger partial charge in [-0.1, -0.05) is 49.7 Å². The van der Waals surface area contributed by atoms with E-state index in [1.165, 1.54) is 39.9 Å². The first-order valence-electron chi connectivity index (χ1n) is 8.05. The number of anilines is 1. The quantitative estimate of drug-likeness (QED) is 0.779. The third-order valence-electron chi connectivity index (χ3n) is 4.87. The average Bonchev–Trinajstić information content (AvgIpc) is 2.88. The van der Waals surface area contributed by atoms with Crippen molar-refractivity contribution in [2.45, 2.75) is 52.5 Å². The van der Waals surface area contributed by atoms with Crippen LogP contribution in [0.3, 0.4) is 0 Å². The number of hydrogen-bond donors (Lipinski definition) is 1. The first-order valence-corrected chi connectivity index (χ1v) is 8.05. The van der Waals surface area contributed by atoms with E-state index in [2.05, 4.69) is 69.4 Å². The molecule has 0 fully saturated rings. The second-order valence-electron chi connectivity index (χ2n) is 6.49. The summed E-state index contributed by atoms with van der Waals surface area (Å²) in [6.07, 6.45) is 2.30. The van der Waals surface area contributed by atoms with Crippen molar-refractivity contribution in [3.63, 3.8) is 0 Å². The van der Waals surface area contributed by atoms with E-state index in [1.54, 1.807) is 0 Å². The van der Waals surface area contributed by atoms with E-state index in [9.17, 15) is 0 Å². The molecule has 2 aromatic carbocycles. The van der Waals surface area contributed by atoms with Crippen LogP contribution >= 0.6 is 0 Å². The summed E-state index contributed by atoms with van der Waals surface area (Å²) >= 11 is 0. The van der Waals surface area contributed by atoms with E-state index >= 15 is 0 Å². The van der Waals surface area contributed by atoms with Gasteiger partial charge in [-0.25, -0.2) is 0 Å². The van der Waals surface area contributed by atoms with Gasteiger partial charge in [0.1, 0.15) is 0 Å². The normalized spacial score (nSPS) is 18.2. The molecule has 2 atom stereocenters. The van der Waals surface area contributed by atoms with Crippen molar-refractivity contribution >= 4 is 5.69 Å². The summed E-state index contributed by atoms with van der Waals surface area (Å²) in [5.41, 5.74) is 8.42. The fraction of sp³-hybridized carbons (Fsp3) is 0.400. The van der Waals surface area contributed by atoms with Gasteiger partial charge >= 0.3 is 0 Å². The first kappa shape index (κ1) is 14.2. The van der Waals surface area contributed by atoms with E-state index in [-0.39, 0.29) is 0 Å². The Hall–Kier alpha value is -1.76. The molecule has 1 aliphatic rings. The van der Waals surface area contributed by atoms with Gasteiger partial charge in [-0.2, -0.15) is 0 Å². The standard InChI is InChI=1S/C20H25N/c1-5-14(3)16-7-9-19-17(11-16)12-20(21-19)18-8-6-13(2)10-15(18)4/h6-11,14,20-21H,5,12H2,1-4H3. The molecule has 110 valence electrons. The molecule has 1 N–H and O–H groups in total. The lowest BCUT2D eigenvalue weighted by Gasteiger charge is -2.15. The lowest BCUT2D eigenvalue weighted by molar-refractivity contribution is 0.731. The maximum absolute atomic E-state index is 3.70. The van der Waals surface area contributed by atoms with Crippen LogP contribution in [-0.2, 0) is 6.42 Å². The van der Waals surface area contributed by atoms with Crippen molar-refractivity contribution in [2.75, 3.05) is 5.32 Å². The number of fused-ring (bicyclic) bond motifs is 1. The molecule has 1 nitrogen and oxygen atoms in total. The van der Waals surface area contributed by atoms with E-state index < -0.39 is 0 Å². The van der Waals surface area contributed by atoms with Gasteiger partial charge in [0.15, 0.2) is 0 Å². The van der Waals surface area contributed by atoms with Gasteiger partial charge in [0.2, 0.25) is 0 Å². The minimum Gasteiger partial charge on any atom is -0.378 e. The lowest BCUT2D eigenvalue weighted by atomic mass is 9.94. The maximum atomic E-state index is 3.70. The number of nitrogens with one attached hydrogen (secondary N) is 1. The minimum absolute atomic E-state index is 0.424. The van der Waals surface area contributed by atoms with Gasteiger partial charge in [-0.05, 0) is 60.9 Å². The second kappa shape index (κ2) is 5.55. The Morgan fingerprint density at radius 3 is 2.67 bits per heavy atom. The zero-order valence-electron chi connectivity index (χ0n) is 13.5. The first-order chi connectivity index (χ1) is 10.1. The molecule has 1 heteroatoms. The molecule has 1 aliphatic heterocycles. The molecule has 21 heavy (non-hydrogen) atoms. The maximum Gasteiger partial charge on any atom is 0.0557 e. The van der Waals surface area contributed by atoms with Crippen LogP contribution in [0, 0.1) is 13.8 Å². The Labute approximate surface area is 128 Å². The molecule has 2 unspecified atom stereocenters. The van der Waals surface area contributed by atoms with Crippen molar-refractivity contribution in [3.05, 3.63) is 64.2 Å². The van der Waals surface area contributed by atoms with Crippen LogP contribution in [0.4, 0.5) is 5.69 Å². The Morgan fingerprint density at radius 1 is 1.14 bits per heavy atom. The second-order valence-corrected chi connectivity index (χ2v) is 6.49. The Bertz CT molecular complexity index is 657. The summed E-state index contributed by atoms with van der Waals surface area (Å²) in [4.78, 5) is 0. The van der Waals surface area contributed by atoms with E-state index in [0.717, 1.165) is 6.42 Å². The van der Waals surface area contributed by atoms with E-state index in [4.69, 9.17) is 0 Å². The lowest BCUT2D eigenvalue weighted by Crippen LogP contribution is -2.07. The van der Waals surface area contributed by atoms with Gasteiger partial charge < -0.3 is 5.32 Å². The molecule has 0 aromatic heterocycles. The molecule has 0 amide bonds. The van der Waals surface area contributed by atoms with Crippen LogP contribution in [0.5, 0.6) is 0 Å². The molecular weight excluding hydrogens is 254 g/mol. The zero-order valence-corrected chi connectivity index (χ0v) is 13.5. The van der Waals surface area contributed by atoms with Gasteiger partial charge in [-0.3, -0.25) is 0 Å². The fourth-order valence-electron chi connectivity index (χ4n) is 3.33. The average molecular weight is 279 g/mol. The van der Waals surface area contributed by atoms with Crippen LogP contribution in [0.2, 0.25) is 0 Å². The van der Waals surface area contributed by atoms with Crippen LogP contribution < -0.4 is 5.32 Å². The van der Waals surface area contributed by atoms with Crippen molar-refractivity contribution < 1.29 is 0 Å². The van der Waals surface area contributed by atoms with Crippen molar-refractivity contribution in [3.8, 4) is 0 Å². The molecule has 0 bridgehead atoms. The SMILES string of the molecule is CCC(C)c1ccc2c(c1)CC(c1ccc(C)cc1C)N2. The minimum atomic E-state index is 0.424. The van der Waals surface area contributed by atoms with Crippen LogP contribution in [0.25, 0.3) is 0 Å². The van der Waals surface area contributed by atoms with Crippen LogP contribution in [0.15, 0.2) is 36.4 Å². The fourth-order valence-corrected chi connectivity index (χ4v) is 3.33. The summed E-state index contributed by atoms with van der Waals surface area (Å²) in [6, 6.07) is 14.2. The third kappa shape index (κ3) is 2.70. The van der Waals surface area contributed by atoms with Gasteiger partial charge in [0.05, 0.1) is 6.04 Å². The topological polar surface area (TPSA) is 12.0 Å². The van der Waals surface area contributed by atoms with Gasteiger partial charge in [0, 0.05) is 5.69 Å². The summed E-state index contributed by atoms with van der Waals surface area (Å²) in [7, 11) is 0. The highest BCUT2D eigenvalue weighted by Crippen LogP contribution is 2.37. The predicted octanol–water partition coefficient (Wildman–Crippen LogP) is 5.53. The van der Waals surface area contributed by atoms with Gasteiger partial charge in [0.25, 0.3) is 0 Å². The number of benzene rings is 2. The summed E-state index contributed by atoms with van der Waals surface area (Å²) < 4.78 is 0. The van der Waals surface area contributed by atoms with Crippen molar-refractivity contribution in [2.24, 2.45) is 0 Å². The number of hydrogen-bond acceptors (Lipinski definition) is 1. The van der Waals surface area contributed by atoms with Crippen molar-refractivity contribution in [1.82, 2.24) is 0 Å². The van der Waals surface area contributed by atoms with Crippen LogP contribution in [-0.4, -0.2) is 0 Å². The molecule has 1 heterocycles. The molecule has 3 rings (SSSR count). The summed E-state index contributed by atoms with van der Waals surface area (Å²) in [6.45, 7) is 8.95. The molecule has 0 radical (unpaired) electrons. The third-order valence-corrected chi connectivity index (χ3v) is 4.87. The Kier molecular flexibility index (Phi) is 3.75. The summed E-state index contributed by atoms with van der Waals surface area (Å²) in [5.74, 6) is 0.649. The predicted molar refractivity (Wildman–Crippen MR) is 91.1 cm³/mol. The molecule has 0 spiro atoms. The molecule has 0 aliphatic carbocycles. The number of aryl methyl sites for hydroxylation is 2. The van der Waals surface area contributed by atoms with E-state index in [0.29, 0.717) is 12.0 Å². The number of rotatable bonds is 3. The zero-order chi connectivity index (χ0) is 15.0. The monoisotopic (exact) mass is 279 g/mol. The molecule has 0 saturated heterocycles. The smallest absolute Gasteiger partial charge is 0.0557 e. The highest BCUT2D eigenvalue weighted by Gasteiger charge is 2.23. The molecule has 0 saturated carbocycles. The highest BCUT2D eigenvalue weighted by atomic mass is 14.9. The Balaban J connectivity index is 1.87. The van der Waals surface area contributed by atoms with E-state index in [1.807, 2.05) is 0 Å². The van der Waals surface area contributed by atoms with Crippen molar-refractivity contribution in [1.29, 1.82) is 0 Å². The molecular formula is C20H25N. The molecule has 2 aromatic rings. The largest absolute Gasteiger partial charge is 0.378 e. The van der Waals surface area contributed by atoms with Crippen LogP contribution in [0.1, 0.15) is 60.0 Å². The summed E-state index contributed by atoms with van der Waals surface area (Å²) in [5, 5.41) is 3.70. The Morgan fingerprint density at radius 2 is 1.95 bits per heavy atom. The highest BCUT2D eigenvalue weighted by molar-refractivity contribution is 5.60. The van der Waals surface area contributed by atoms with Gasteiger partial charge in [-0.15, -0.1) is 0 Å².